The highest BCUT2D eigenvalue weighted by Gasteiger charge is 2.14. The van der Waals surface area contributed by atoms with E-state index in [0.717, 1.165) is 22.2 Å². The van der Waals surface area contributed by atoms with Gasteiger partial charge in [-0.3, -0.25) is 4.72 Å². The fourth-order valence-corrected chi connectivity index (χ4v) is 4.76. The maximum Gasteiger partial charge on any atom is 0.261 e. The second-order valence-electron chi connectivity index (χ2n) is 6.51. The van der Waals surface area contributed by atoms with E-state index in [-0.39, 0.29) is 4.90 Å². The van der Waals surface area contributed by atoms with E-state index < -0.39 is 10.0 Å². The van der Waals surface area contributed by atoms with Crippen LogP contribution in [0.5, 0.6) is 11.6 Å². The first-order valence-corrected chi connectivity index (χ1v) is 11.4. The second-order valence-corrected chi connectivity index (χ2v) is 9.31. The summed E-state index contributed by atoms with van der Waals surface area (Å²) in [5.74, 6) is 1.05. The molecule has 0 saturated heterocycles. The Hall–Kier alpha value is -2.97. The zero-order valence-corrected chi connectivity index (χ0v) is 17.5. The fraction of sp³-hybridized carbons (Fsp3) is 0.143. The molecule has 8 heteroatoms. The molecule has 2 heterocycles. The van der Waals surface area contributed by atoms with Crippen molar-refractivity contribution in [2.75, 3.05) is 4.72 Å². The van der Waals surface area contributed by atoms with Crippen LogP contribution < -0.4 is 9.46 Å². The minimum Gasteiger partial charge on any atom is -0.438 e. The number of thiophene rings is 1. The molecule has 0 amide bonds. The van der Waals surface area contributed by atoms with Crippen molar-refractivity contribution in [3.05, 3.63) is 71.4 Å². The molecule has 29 heavy (non-hydrogen) atoms. The predicted octanol–water partition coefficient (Wildman–Crippen LogP) is 5.16. The summed E-state index contributed by atoms with van der Waals surface area (Å²) in [5, 5.41) is 0.874. The molecule has 0 fully saturated rings. The number of fused-ring (bicyclic) bond motifs is 1. The lowest BCUT2D eigenvalue weighted by Crippen LogP contribution is -2.12. The normalized spacial score (nSPS) is 11.5. The van der Waals surface area contributed by atoms with Crippen molar-refractivity contribution >= 4 is 37.3 Å². The molecular weight excluding hydrogens is 406 g/mol. The number of nitrogens with one attached hydrogen (secondary N) is 1. The van der Waals surface area contributed by atoms with Gasteiger partial charge in [-0.25, -0.2) is 18.4 Å². The molecular formula is C21H19N3O3S2. The number of hydrogen-bond acceptors (Lipinski definition) is 6. The molecule has 0 radical (unpaired) electrons. The average molecular weight is 426 g/mol. The lowest BCUT2D eigenvalue weighted by atomic mass is 10.2. The standard InChI is InChI=1S/C21H19N3O3S2/c1-3-17-12-19-20(22-13-23-21(19)28-17)27-16-8-6-15(7-9-16)24-29(25,26)18-10-4-14(2)5-11-18/h4-13,24H,3H2,1-2H3. The van der Waals surface area contributed by atoms with Crippen molar-refractivity contribution in [3.8, 4) is 11.6 Å². The minimum absolute atomic E-state index is 0.219. The largest absolute Gasteiger partial charge is 0.438 e. The Labute approximate surface area is 173 Å². The summed E-state index contributed by atoms with van der Waals surface area (Å²) < 4.78 is 33.5. The molecule has 148 valence electrons. The quantitative estimate of drug-likeness (QED) is 0.462. The van der Waals surface area contributed by atoms with Gasteiger partial charge in [-0.15, -0.1) is 11.3 Å². The summed E-state index contributed by atoms with van der Waals surface area (Å²) in [7, 11) is -3.64. The monoisotopic (exact) mass is 425 g/mol. The van der Waals surface area contributed by atoms with Gasteiger partial charge in [0.1, 0.15) is 16.9 Å². The van der Waals surface area contributed by atoms with Gasteiger partial charge in [0.25, 0.3) is 10.0 Å². The molecule has 4 rings (SSSR count). The second kappa shape index (κ2) is 7.81. The van der Waals surface area contributed by atoms with Gasteiger partial charge in [-0.1, -0.05) is 24.6 Å². The van der Waals surface area contributed by atoms with Gasteiger partial charge in [0.05, 0.1) is 10.3 Å². The Morgan fingerprint density at radius 1 is 1.03 bits per heavy atom. The van der Waals surface area contributed by atoms with Crippen LogP contribution in [0.1, 0.15) is 17.4 Å². The van der Waals surface area contributed by atoms with Crippen LogP contribution in [0.4, 0.5) is 5.69 Å². The fourth-order valence-electron chi connectivity index (χ4n) is 2.77. The Balaban J connectivity index is 1.53. The van der Waals surface area contributed by atoms with Crippen molar-refractivity contribution < 1.29 is 13.2 Å². The first-order valence-electron chi connectivity index (χ1n) is 9.05. The van der Waals surface area contributed by atoms with E-state index in [4.69, 9.17) is 4.74 Å². The van der Waals surface area contributed by atoms with Crippen LogP contribution in [-0.4, -0.2) is 18.4 Å². The highest BCUT2D eigenvalue weighted by Crippen LogP contribution is 2.32. The van der Waals surface area contributed by atoms with E-state index >= 15 is 0 Å². The Morgan fingerprint density at radius 3 is 2.45 bits per heavy atom. The van der Waals surface area contributed by atoms with Crippen LogP contribution in [0, 0.1) is 6.92 Å². The smallest absolute Gasteiger partial charge is 0.261 e. The Bertz CT molecular complexity index is 1250. The van der Waals surface area contributed by atoms with E-state index in [1.54, 1.807) is 59.9 Å². The van der Waals surface area contributed by atoms with Gasteiger partial charge < -0.3 is 4.74 Å². The third kappa shape index (κ3) is 4.23. The molecule has 4 aromatic rings. The Kier molecular flexibility index (Phi) is 5.21. The number of hydrogen-bond donors (Lipinski definition) is 1. The van der Waals surface area contributed by atoms with Crippen molar-refractivity contribution in [1.29, 1.82) is 0 Å². The lowest BCUT2D eigenvalue weighted by molar-refractivity contribution is 0.468. The SMILES string of the molecule is CCc1cc2c(Oc3ccc(NS(=O)(=O)c4ccc(C)cc4)cc3)ncnc2s1. The topological polar surface area (TPSA) is 81.2 Å². The van der Waals surface area contributed by atoms with Crippen LogP contribution in [0.3, 0.4) is 0 Å². The molecule has 0 unspecified atom stereocenters. The summed E-state index contributed by atoms with van der Waals surface area (Å²) in [5.41, 5.74) is 1.45. The van der Waals surface area contributed by atoms with Crippen LogP contribution in [0.25, 0.3) is 10.2 Å². The number of sulfonamides is 1. The van der Waals surface area contributed by atoms with Gasteiger partial charge in [0.2, 0.25) is 5.88 Å². The Morgan fingerprint density at radius 2 is 1.76 bits per heavy atom. The molecule has 0 aliphatic carbocycles. The van der Waals surface area contributed by atoms with E-state index in [1.165, 1.54) is 11.2 Å². The van der Waals surface area contributed by atoms with Gasteiger partial charge in [0.15, 0.2) is 0 Å². The summed E-state index contributed by atoms with van der Waals surface area (Å²) >= 11 is 1.62. The molecule has 0 bridgehead atoms. The summed E-state index contributed by atoms with van der Waals surface area (Å²) in [6.45, 7) is 4.00. The van der Waals surface area contributed by atoms with Gasteiger partial charge >= 0.3 is 0 Å². The zero-order valence-electron chi connectivity index (χ0n) is 15.9. The lowest BCUT2D eigenvalue weighted by Gasteiger charge is -2.10. The van der Waals surface area contributed by atoms with Crippen LogP contribution in [0.2, 0.25) is 0 Å². The zero-order chi connectivity index (χ0) is 20.4. The maximum absolute atomic E-state index is 12.5. The molecule has 0 atom stereocenters. The number of aryl methyl sites for hydroxylation is 2. The highest BCUT2D eigenvalue weighted by molar-refractivity contribution is 7.92. The number of nitrogens with zero attached hydrogens (tertiary/aromatic N) is 2. The molecule has 6 nitrogen and oxygen atoms in total. The third-order valence-electron chi connectivity index (χ3n) is 4.34. The van der Waals surface area contributed by atoms with Gasteiger partial charge in [-0.05, 0) is 55.8 Å². The predicted molar refractivity (Wildman–Crippen MR) is 115 cm³/mol. The molecule has 2 aromatic heterocycles. The van der Waals surface area contributed by atoms with Crippen LogP contribution >= 0.6 is 11.3 Å². The minimum atomic E-state index is -3.64. The maximum atomic E-state index is 12.5. The van der Waals surface area contributed by atoms with Crippen LogP contribution in [-0.2, 0) is 16.4 Å². The van der Waals surface area contributed by atoms with Gasteiger partial charge in [-0.2, -0.15) is 0 Å². The van der Waals surface area contributed by atoms with Crippen molar-refractivity contribution in [2.45, 2.75) is 25.2 Å². The van der Waals surface area contributed by atoms with E-state index in [1.807, 2.05) is 13.0 Å². The number of ether oxygens (including phenoxy) is 1. The van der Waals surface area contributed by atoms with E-state index in [2.05, 4.69) is 21.6 Å². The summed E-state index contributed by atoms with van der Waals surface area (Å²) in [6.07, 6.45) is 2.41. The molecule has 0 spiro atoms. The highest BCUT2D eigenvalue weighted by atomic mass is 32.2. The first kappa shape index (κ1) is 19.4. The third-order valence-corrected chi connectivity index (χ3v) is 6.93. The van der Waals surface area contributed by atoms with Crippen molar-refractivity contribution in [2.24, 2.45) is 0 Å². The van der Waals surface area contributed by atoms with E-state index in [0.29, 0.717) is 17.3 Å². The van der Waals surface area contributed by atoms with Crippen molar-refractivity contribution in [3.63, 3.8) is 0 Å². The average Bonchev–Trinajstić information content (AvgIpc) is 3.14. The number of anilines is 1. The molecule has 2 aromatic carbocycles. The molecule has 0 aliphatic heterocycles. The first-order chi connectivity index (χ1) is 13.9. The summed E-state index contributed by atoms with van der Waals surface area (Å²) in [4.78, 5) is 10.8. The molecule has 1 N–H and O–H groups in total. The molecule has 0 saturated carbocycles. The van der Waals surface area contributed by atoms with E-state index in [9.17, 15) is 8.42 Å². The number of rotatable bonds is 6. The molecule has 0 aliphatic rings. The number of aromatic nitrogens is 2. The van der Waals surface area contributed by atoms with Gasteiger partial charge in [0, 0.05) is 10.6 Å². The van der Waals surface area contributed by atoms with Crippen molar-refractivity contribution in [1.82, 2.24) is 9.97 Å². The summed E-state index contributed by atoms with van der Waals surface area (Å²) in [6, 6.07) is 15.5. The van der Waals surface area contributed by atoms with Crippen LogP contribution in [0.15, 0.2) is 65.8 Å². The number of benzene rings is 2.